The number of carbonyl (C=O) groups is 3. The van der Waals surface area contributed by atoms with E-state index in [-0.39, 0.29) is 5.69 Å². The third-order valence-electron chi connectivity index (χ3n) is 2.24. The van der Waals surface area contributed by atoms with Crippen LogP contribution < -0.4 is 11.1 Å². The first-order valence-corrected chi connectivity index (χ1v) is 5.14. The predicted molar refractivity (Wildman–Crippen MR) is 60.6 cm³/mol. The zero-order valence-corrected chi connectivity index (χ0v) is 10.0. The van der Waals surface area contributed by atoms with Crippen LogP contribution in [0.4, 0.5) is 0 Å². The number of carbonyl (C=O) groups excluding carboxylic acids is 2. The Kier molecular flexibility index (Phi) is 4.03. The van der Waals surface area contributed by atoms with E-state index in [1.165, 1.54) is 10.7 Å². The Labute approximate surface area is 103 Å². The highest BCUT2D eigenvalue weighted by Gasteiger charge is 2.24. The molecule has 0 fully saturated rings. The molecule has 0 aliphatic carbocycles. The topological polar surface area (TPSA) is 127 Å². The molecule has 0 radical (unpaired) electrons. The van der Waals surface area contributed by atoms with Gasteiger partial charge in [-0.3, -0.25) is 14.3 Å². The van der Waals surface area contributed by atoms with Crippen molar-refractivity contribution in [2.45, 2.75) is 19.4 Å². The molecule has 4 N–H and O–H groups in total. The molecule has 0 aliphatic rings. The average molecular weight is 254 g/mol. The number of hydrogen-bond acceptors (Lipinski definition) is 4. The maximum Gasteiger partial charge on any atom is 0.326 e. The molecule has 98 valence electrons. The molecule has 8 heteroatoms. The molecule has 1 rings (SSSR count). The van der Waals surface area contributed by atoms with Gasteiger partial charge in [0.1, 0.15) is 11.7 Å². The number of aliphatic carboxylic acids is 1. The summed E-state index contributed by atoms with van der Waals surface area (Å²) in [7, 11) is 1.56. The number of aromatic nitrogens is 2. The molecular weight excluding hydrogens is 240 g/mol. The molecule has 0 bridgehead atoms. The monoisotopic (exact) mass is 254 g/mol. The van der Waals surface area contributed by atoms with Crippen molar-refractivity contribution < 1.29 is 19.5 Å². The van der Waals surface area contributed by atoms with Crippen LogP contribution in [0.1, 0.15) is 22.6 Å². The average Bonchev–Trinajstić information content (AvgIpc) is 2.56. The quantitative estimate of drug-likeness (QED) is 0.607. The fourth-order valence-electron chi connectivity index (χ4n) is 1.46. The highest BCUT2D eigenvalue weighted by molar-refractivity contribution is 5.96. The number of primary amides is 1. The zero-order chi connectivity index (χ0) is 13.9. The Bertz CT molecular complexity index is 494. The van der Waals surface area contributed by atoms with E-state index >= 15 is 0 Å². The lowest BCUT2D eigenvalue weighted by Gasteiger charge is -2.12. The molecule has 0 aliphatic heterocycles. The van der Waals surface area contributed by atoms with Crippen molar-refractivity contribution in [2.24, 2.45) is 12.8 Å². The van der Waals surface area contributed by atoms with Crippen molar-refractivity contribution in [3.05, 3.63) is 17.5 Å². The van der Waals surface area contributed by atoms with E-state index in [1.54, 1.807) is 14.0 Å². The summed E-state index contributed by atoms with van der Waals surface area (Å²) in [6, 6.07) is 0.170. The van der Waals surface area contributed by atoms with Crippen molar-refractivity contribution in [1.82, 2.24) is 15.1 Å². The van der Waals surface area contributed by atoms with Gasteiger partial charge in [-0.15, -0.1) is 0 Å². The molecule has 8 nitrogen and oxygen atoms in total. The van der Waals surface area contributed by atoms with Crippen molar-refractivity contribution in [3.8, 4) is 0 Å². The van der Waals surface area contributed by atoms with Gasteiger partial charge in [-0.2, -0.15) is 5.10 Å². The molecule has 1 aromatic rings. The lowest BCUT2D eigenvalue weighted by Crippen LogP contribution is -2.43. The molecule has 0 saturated heterocycles. The van der Waals surface area contributed by atoms with Gasteiger partial charge in [-0.1, -0.05) is 0 Å². The smallest absolute Gasteiger partial charge is 0.326 e. The van der Waals surface area contributed by atoms with Crippen molar-refractivity contribution in [3.63, 3.8) is 0 Å². The molecule has 18 heavy (non-hydrogen) atoms. The van der Waals surface area contributed by atoms with Crippen LogP contribution in [-0.4, -0.2) is 38.7 Å². The number of amides is 2. The van der Waals surface area contributed by atoms with E-state index in [0.29, 0.717) is 5.69 Å². The van der Waals surface area contributed by atoms with Gasteiger partial charge >= 0.3 is 5.97 Å². The number of carboxylic acid groups (broad SMARTS) is 1. The van der Waals surface area contributed by atoms with E-state index in [1.807, 2.05) is 0 Å². The van der Waals surface area contributed by atoms with Crippen LogP contribution in [0.3, 0.4) is 0 Å². The number of hydrogen-bond donors (Lipinski definition) is 3. The van der Waals surface area contributed by atoms with Gasteiger partial charge in [0.15, 0.2) is 0 Å². The summed E-state index contributed by atoms with van der Waals surface area (Å²) in [6.45, 7) is 1.70. The summed E-state index contributed by atoms with van der Waals surface area (Å²) in [5.41, 5.74) is 5.75. The molecular formula is C10H14N4O4. The van der Waals surface area contributed by atoms with Gasteiger partial charge in [0, 0.05) is 7.05 Å². The number of nitrogens with one attached hydrogen (secondary N) is 1. The first kappa shape index (κ1) is 13.7. The van der Waals surface area contributed by atoms with Gasteiger partial charge in [-0.05, 0) is 13.0 Å². The van der Waals surface area contributed by atoms with Gasteiger partial charge in [0.25, 0.3) is 5.91 Å². The number of nitrogens with zero attached hydrogens (tertiary/aromatic N) is 2. The molecule has 1 aromatic heterocycles. The van der Waals surface area contributed by atoms with Crippen LogP contribution in [0.25, 0.3) is 0 Å². The van der Waals surface area contributed by atoms with Gasteiger partial charge in [-0.25, -0.2) is 4.79 Å². The maximum atomic E-state index is 11.8. The Morgan fingerprint density at radius 3 is 2.56 bits per heavy atom. The summed E-state index contributed by atoms with van der Waals surface area (Å²) >= 11 is 0. The predicted octanol–water partition coefficient (Wildman–Crippen LogP) is -1.21. The maximum absolute atomic E-state index is 11.8. The second-order valence-electron chi connectivity index (χ2n) is 3.83. The molecule has 0 saturated carbocycles. The Balaban J connectivity index is 2.81. The standard InChI is InChI=1S/C10H14N4O4/c1-5-3-7(14(2)13-5)9(16)12-6(10(17)18)4-8(11)15/h3,6H,4H2,1-2H3,(H2,11,15)(H,12,16)(H,17,18)/t6-/m0/s1. The Hall–Kier alpha value is -2.38. The second kappa shape index (κ2) is 5.30. The van der Waals surface area contributed by atoms with Crippen LogP contribution in [0, 0.1) is 6.92 Å². The fourth-order valence-corrected chi connectivity index (χ4v) is 1.46. The van der Waals surface area contributed by atoms with Crippen LogP contribution >= 0.6 is 0 Å². The van der Waals surface area contributed by atoms with Gasteiger partial charge in [0.05, 0.1) is 12.1 Å². The van der Waals surface area contributed by atoms with Crippen molar-refractivity contribution >= 4 is 17.8 Å². The van der Waals surface area contributed by atoms with Crippen LogP contribution in [0.15, 0.2) is 6.07 Å². The van der Waals surface area contributed by atoms with E-state index < -0.39 is 30.2 Å². The number of nitrogens with two attached hydrogens (primary N) is 1. The number of aryl methyl sites for hydroxylation is 2. The van der Waals surface area contributed by atoms with Crippen LogP contribution in [-0.2, 0) is 16.6 Å². The van der Waals surface area contributed by atoms with E-state index in [0.717, 1.165) is 0 Å². The number of rotatable bonds is 5. The van der Waals surface area contributed by atoms with Crippen LogP contribution in [0.5, 0.6) is 0 Å². The number of carboxylic acids is 1. The van der Waals surface area contributed by atoms with Gasteiger partial charge < -0.3 is 16.2 Å². The van der Waals surface area contributed by atoms with E-state index in [2.05, 4.69) is 10.4 Å². The minimum Gasteiger partial charge on any atom is -0.480 e. The molecule has 0 unspecified atom stereocenters. The minimum absolute atomic E-state index is 0.211. The SMILES string of the molecule is Cc1cc(C(=O)N[C@@H](CC(N)=O)C(=O)O)n(C)n1. The third-order valence-corrected chi connectivity index (χ3v) is 2.24. The van der Waals surface area contributed by atoms with E-state index in [4.69, 9.17) is 10.8 Å². The molecule has 2 amide bonds. The minimum atomic E-state index is -1.34. The second-order valence-corrected chi connectivity index (χ2v) is 3.83. The lowest BCUT2D eigenvalue weighted by atomic mass is 10.2. The zero-order valence-electron chi connectivity index (χ0n) is 10.0. The highest BCUT2D eigenvalue weighted by atomic mass is 16.4. The summed E-state index contributed by atoms with van der Waals surface area (Å²) in [5, 5.41) is 15.0. The normalized spacial score (nSPS) is 11.9. The van der Waals surface area contributed by atoms with E-state index in [9.17, 15) is 14.4 Å². The first-order chi connectivity index (χ1) is 8.31. The Morgan fingerprint density at radius 1 is 1.56 bits per heavy atom. The van der Waals surface area contributed by atoms with Crippen molar-refractivity contribution in [2.75, 3.05) is 0 Å². The van der Waals surface area contributed by atoms with Crippen molar-refractivity contribution in [1.29, 1.82) is 0 Å². The molecule has 0 spiro atoms. The summed E-state index contributed by atoms with van der Waals surface area (Å²) in [6.07, 6.45) is -0.460. The third kappa shape index (κ3) is 3.30. The van der Waals surface area contributed by atoms with Crippen LogP contribution in [0.2, 0.25) is 0 Å². The van der Waals surface area contributed by atoms with Gasteiger partial charge in [0.2, 0.25) is 5.91 Å². The molecule has 1 atom stereocenters. The molecule has 0 aromatic carbocycles. The highest BCUT2D eigenvalue weighted by Crippen LogP contribution is 2.03. The summed E-state index contributed by atoms with van der Waals surface area (Å²) in [5.74, 6) is -2.74. The lowest BCUT2D eigenvalue weighted by molar-refractivity contribution is -0.140. The first-order valence-electron chi connectivity index (χ1n) is 5.14. The summed E-state index contributed by atoms with van der Waals surface area (Å²) in [4.78, 5) is 33.3. The molecule has 1 heterocycles. The summed E-state index contributed by atoms with van der Waals surface area (Å²) < 4.78 is 1.33. The Morgan fingerprint density at radius 2 is 2.17 bits per heavy atom. The fraction of sp³-hybridized carbons (Fsp3) is 0.400. The largest absolute Gasteiger partial charge is 0.480 e.